The zero-order valence-corrected chi connectivity index (χ0v) is 17.6. The minimum atomic E-state index is -0.303. The number of aliphatic hydroxyl groups is 1. The summed E-state index contributed by atoms with van der Waals surface area (Å²) in [5.41, 5.74) is 5.30. The van der Waals surface area contributed by atoms with E-state index in [1.54, 1.807) is 7.11 Å². The summed E-state index contributed by atoms with van der Waals surface area (Å²) >= 11 is 0. The van der Waals surface area contributed by atoms with Crippen LogP contribution in [0.25, 0.3) is 10.9 Å². The molecule has 0 bridgehead atoms. The summed E-state index contributed by atoms with van der Waals surface area (Å²) in [5.74, 6) is 1.82. The minimum absolute atomic E-state index is 0.0129. The maximum Gasteiger partial charge on any atom is 0.134 e. The molecule has 156 valence electrons. The number of methoxy groups -OCH3 is 1. The first-order valence-corrected chi connectivity index (χ1v) is 10.7. The van der Waals surface area contributed by atoms with Crippen molar-refractivity contribution >= 4 is 16.7 Å². The van der Waals surface area contributed by atoms with E-state index < -0.39 is 0 Å². The van der Waals surface area contributed by atoms with E-state index in [0.29, 0.717) is 0 Å². The second kappa shape index (κ2) is 7.56. The van der Waals surface area contributed by atoms with Gasteiger partial charge >= 0.3 is 0 Å². The standard InChI is InChI=1S/C25H28N2O3/c1-17-5-3-7-19-15-20(16-28)24(26-23(17)19)27-12-10-25(11-13-27)22-18(9-14-30-25)6-4-8-21(22)29-2/h3-8,15,28H,9-14,16H2,1-2H3. The van der Waals surface area contributed by atoms with Crippen LogP contribution in [0.1, 0.15) is 35.1 Å². The maximum atomic E-state index is 10.0. The molecule has 5 rings (SSSR count). The first kappa shape index (κ1) is 19.3. The number of benzene rings is 2. The van der Waals surface area contributed by atoms with Gasteiger partial charge in [-0.15, -0.1) is 0 Å². The number of pyridine rings is 1. The molecule has 1 spiro atoms. The van der Waals surface area contributed by atoms with Crippen molar-refractivity contribution in [2.24, 2.45) is 0 Å². The fourth-order valence-electron chi connectivity index (χ4n) is 5.15. The Morgan fingerprint density at radius 3 is 2.73 bits per heavy atom. The van der Waals surface area contributed by atoms with Crippen molar-refractivity contribution in [1.29, 1.82) is 0 Å². The molecule has 5 nitrogen and oxygen atoms in total. The van der Waals surface area contributed by atoms with Crippen LogP contribution in [0.15, 0.2) is 42.5 Å². The second-order valence-electron chi connectivity index (χ2n) is 8.35. The first-order valence-electron chi connectivity index (χ1n) is 10.7. The molecule has 0 saturated carbocycles. The second-order valence-corrected chi connectivity index (χ2v) is 8.35. The molecule has 2 aliphatic heterocycles. The van der Waals surface area contributed by atoms with E-state index in [9.17, 15) is 5.11 Å². The number of hydrogen-bond donors (Lipinski definition) is 1. The molecule has 0 amide bonds. The van der Waals surface area contributed by atoms with Crippen molar-refractivity contribution < 1.29 is 14.6 Å². The number of para-hydroxylation sites is 1. The summed E-state index contributed by atoms with van der Waals surface area (Å²) < 4.78 is 12.1. The van der Waals surface area contributed by atoms with Crippen LogP contribution in [-0.4, -0.2) is 36.9 Å². The topological polar surface area (TPSA) is 54.8 Å². The van der Waals surface area contributed by atoms with E-state index >= 15 is 0 Å². The Kier molecular flexibility index (Phi) is 4.88. The molecule has 0 unspecified atom stereocenters. The molecule has 3 heterocycles. The van der Waals surface area contributed by atoms with Crippen molar-refractivity contribution in [2.45, 2.75) is 38.4 Å². The van der Waals surface area contributed by atoms with Crippen LogP contribution in [0.4, 0.5) is 5.82 Å². The van der Waals surface area contributed by atoms with Gasteiger partial charge in [0.05, 0.1) is 25.8 Å². The van der Waals surface area contributed by atoms with Gasteiger partial charge in [-0.3, -0.25) is 0 Å². The fourth-order valence-corrected chi connectivity index (χ4v) is 5.15. The van der Waals surface area contributed by atoms with E-state index in [1.165, 1.54) is 11.1 Å². The van der Waals surface area contributed by atoms with E-state index in [0.717, 1.165) is 72.6 Å². The van der Waals surface area contributed by atoms with Crippen molar-refractivity contribution in [3.63, 3.8) is 0 Å². The largest absolute Gasteiger partial charge is 0.496 e. The van der Waals surface area contributed by atoms with E-state index in [1.807, 2.05) is 12.1 Å². The number of piperidine rings is 1. The lowest BCUT2D eigenvalue weighted by Gasteiger charge is -2.46. The molecule has 1 N–H and O–H groups in total. The molecule has 2 aromatic carbocycles. The molecule has 1 saturated heterocycles. The van der Waals surface area contributed by atoms with Gasteiger partial charge in [0.25, 0.3) is 0 Å². The third kappa shape index (κ3) is 3.04. The van der Waals surface area contributed by atoms with Crippen LogP contribution in [0.2, 0.25) is 0 Å². The molecule has 2 aliphatic rings. The highest BCUT2D eigenvalue weighted by atomic mass is 16.5. The Bertz CT molecular complexity index is 1070. The monoisotopic (exact) mass is 404 g/mol. The number of nitrogens with zero attached hydrogens (tertiary/aromatic N) is 2. The van der Waals surface area contributed by atoms with Crippen LogP contribution >= 0.6 is 0 Å². The number of ether oxygens (including phenoxy) is 2. The Hall–Kier alpha value is -2.63. The summed E-state index contributed by atoms with van der Waals surface area (Å²) in [6, 6.07) is 14.6. The predicted octanol–water partition coefficient (Wildman–Crippen LogP) is 4.11. The minimum Gasteiger partial charge on any atom is -0.496 e. The third-order valence-corrected chi connectivity index (χ3v) is 6.68. The molecule has 5 heteroatoms. The number of aryl methyl sites for hydroxylation is 1. The lowest BCUT2D eigenvalue weighted by Crippen LogP contribution is -2.47. The summed E-state index contributed by atoms with van der Waals surface area (Å²) in [5, 5.41) is 11.1. The molecular formula is C25H28N2O3. The van der Waals surface area contributed by atoms with E-state index in [4.69, 9.17) is 14.5 Å². The predicted molar refractivity (Wildman–Crippen MR) is 118 cm³/mol. The van der Waals surface area contributed by atoms with Crippen LogP contribution in [-0.2, 0) is 23.4 Å². The van der Waals surface area contributed by atoms with Gasteiger partial charge in [-0.1, -0.05) is 30.3 Å². The smallest absolute Gasteiger partial charge is 0.134 e. The zero-order valence-electron chi connectivity index (χ0n) is 17.6. The van der Waals surface area contributed by atoms with Gasteiger partial charge in [0.2, 0.25) is 0 Å². The van der Waals surface area contributed by atoms with Gasteiger partial charge in [-0.05, 0) is 49.4 Å². The van der Waals surface area contributed by atoms with Crippen molar-refractivity contribution in [2.75, 3.05) is 31.7 Å². The molecule has 1 fully saturated rings. The van der Waals surface area contributed by atoms with Crippen molar-refractivity contribution in [3.8, 4) is 5.75 Å². The van der Waals surface area contributed by atoms with E-state index in [-0.39, 0.29) is 12.2 Å². The summed E-state index contributed by atoms with van der Waals surface area (Å²) in [6.07, 6.45) is 2.68. The highest BCUT2D eigenvalue weighted by Crippen LogP contribution is 2.46. The average Bonchev–Trinajstić information content (AvgIpc) is 2.79. The molecule has 3 aromatic rings. The Morgan fingerprint density at radius 1 is 1.17 bits per heavy atom. The van der Waals surface area contributed by atoms with Gasteiger partial charge in [-0.25, -0.2) is 4.98 Å². The normalized spacial score (nSPS) is 17.9. The lowest BCUT2D eigenvalue weighted by atomic mass is 9.78. The van der Waals surface area contributed by atoms with Crippen molar-refractivity contribution in [1.82, 2.24) is 4.98 Å². The van der Waals surface area contributed by atoms with E-state index in [2.05, 4.69) is 42.2 Å². The Balaban J connectivity index is 1.49. The van der Waals surface area contributed by atoms with Gasteiger partial charge < -0.3 is 19.5 Å². The number of fused-ring (bicyclic) bond motifs is 3. The maximum absolute atomic E-state index is 10.0. The lowest BCUT2D eigenvalue weighted by molar-refractivity contribution is -0.0780. The summed E-state index contributed by atoms with van der Waals surface area (Å²) in [4.78, 5) is 7.28. The third-order valence-electron chi connectivity index (χ3n) is 6.68. The molecule has 1 aromatic heterocycles. The van der Waals surface area contributed by atoms with Crippen LogP contribution in [0.5, 0.6) is 5.75 Å². The average molecular weight is 405 g/mol. The van der Waals surface area contributed by atoms with Gasteiger partial charge in [0.15, 0.2) is 0 Å². The molecular weight excluding hydrogens is 376 g/mol. The number of rotatable bonds is 3. The fraction of sp³-hybridized carbons (Fsp3) is 0.400. The number of aromatic nitrogens is 1. The summed E-state index contributed by atoms with van der Waals surface area (Å²) in [7, 11) is 1.74. The first-order chi connectivity index (χ1) is 14.6. The molecule has 0 atom stereocenters. The van der Waals surface area contributed by atoms with Gasteiger partial charge in [0, 0.05) is 29.6 Å². The van der Waals surface area contributed by atoms with Crippen molar-refractivity contribution in [3.05, 3.63) is 64.7 Å². The molecule has 0 aliphatic carbocycles. The number of anilines is 1. The van der Waals surface area contributed by atoms with Crippen LogP contribution in [0, 0.1) is 6.92 Å². The van der Waals surface area contributed by atoms with Gasteiger partial charge in [0.1, 0.15) is 17.2 Å². The van der Waals surface area contributed by atoms with Gasteiger partial charge in [-0.2, -0.15) is 0 Å². The Labute approximate surface area is 177 Å². The zero-order chi connectivity index (χ0) is 20.7. The highest BCUT2D eigenvalue weighted by Gasteiger charge is 2.43. The Morgan fingerprint density at radius 2 is 1.97 bits per heavy atom. The molecule has 30 heavy (non-hydrogen) atoms. The van der Waals surface area contributed by atoms with Crippen LogP contribution < -0.4 is 9.64 Å². The summed E-state index contributed by atoms with van der Waals surface area (Å²) in [6.45, 7) is 4.47. The molecule has 0 radical (unpaired) electrons. The quantitative estimate of drug-likeness (QED) is 0.712. The number of hydrogen-bond acceptors (Lipinski definition) is 5. The highest BCUT2D eigenvalue weighted by molar-refractivity contribution is 5.84. The van der Waals surface area contributed by atoms with Crippen LogP contribution in [0.3, 0.4) is 0 Å². The SMILES string of the molecule is COc1cccc2c1C1(CCN(c3nc4c(C)cccc4cc3CO)CC1)OCC2. The number of aliphatic hydroxyl groups excluding tert-OH is 1.